The molecule has 54 valence electrons. The average molecular weight is 170 g/mol. The van der Waals surface area contributed by atoms with Crippen LogP contribution < -0.4 is 51.4 Å². The van der Waals surface area contributed by atoms with Gasteiger partial charge in [0.05, 0.1) is 6.10 Å². The molecule has 0 amide bonds. The van der Waals surface area contributed by atoms with Crippen LogP contribution in [0.3, 0.4) is 0 Å². The van der Waals surface area contributed by atoms with E-state index >= 15 is 0 Å². The van der Waals surface area contributed by atoms with Gasteiger partial charge < -0.3 is 11.3 Å². The molecule has 0 aromatic rings. The summed E-state index contributed by atoms with van der Waals surface area (Å²) in [6.45, 7) is 2.01. The van der Waals surface area contributed by atoms with E-state index < -0.39 is 12.1 Å². The zero-order valence-corrected chi connectivity index (χ0v) is 9.46. The molecular formula is C6H11KO3. The van der Waals surface area contributed by atoms with Crippen molar-refractivity contribution in [3.8, 4) is 0 Å². The van der Waals surface area contributed by atoms with Crippen LogP contribution in [-0.2, 0) is 9.53 Å². The van der Waals surface area contributed by atoms with E-state index in [4.69, 9.17) is 9.84 Å². The van der Waals surface area contributed by atoms with Crippen LogP contribution in [0.4, 0.5) is 0 Å². The van der Waals surface area contributed by atoms with E-state index in [1.54, 1.807) is 0 Å². The van der Waals surface area contributed by atoms with E-state index in [-0.39, 0.29) is 58.9 Å². The summed E-state index contributed by atoms with van der Waals surface area (Å²) in [4.78, 5) is 10.1. The monoisotopic (exact) mass is 170 g/mol. The maximum atomic E-state index is 10.1. The van der Waals surface area contributed by atoms with Crippen molar-refractivity contribution in [2.45, 2.75) is 32.0 Å². The number of epoxide rings is 1. The van der Waals surface area contributed by atoms with Crippen LogP contribution in [-0.4, -0.2) is 23.3 Å². The molecular weight excluding hydrogens is 159 g/mol. The smallest absolute Gasteiger partial charge is 1.00 e. The fourth-order valence-electron chi connectivity index (χ4n) is 0.864. The SMILES string of the molecule is CCCC1OC1C(=O)O.[H-].[K+]. The summed E-state index contributed by atoms with van der Waals surface area (Å²) in [5, 5.41) is 8.33. The first-order valence-electron chi connectivity index (χ1n) is 3.14. The molecule has 4 heteroatoms. The summed E-state index contributed by atoms with van der Waals surface area (Å²) >= 11 is 0. The Bertz CT molecular complexity index is 131. The number of carboxylic acids is 1. The first-order valence-corrected chi connectivity index (χ1v) is 3.14. The Balaban J connectivity index is 0. The van der Waals surface area contributed by atoms with Crippen LogP contribution in [0.25, 0.3) is 0 Å². The molecule has 0 aromatic carbocycles. The molecule has 1 saturated heterocycles. The molecule has 10 heavy (non-hydrogen) atoms. The van der Waals surface area contributed by atoms with Gasteiger partial charge in [0.25, 0.3) is 0 Å². The maximum Gasteiger partial charge on any atom is 1.00 e. The van der Waals surface area contributed by atoms with Gasteiger partial charge in [-0.3, -0.25) is 0 Å². The number of hydrogen-bond donors (Lipinski definition) is 1. The van der Waals surface area contributed by atoms with Gasteiger partial charge in [-0.15, -0.1) is 0 Å². The summed E-state index contributed by atoms with van der Waals surface area (Å²) < 4.78 is 4.82. The van der Waals surface area contributed by atoms with Crippen molar-refractivity contribution in [1.29, 1.82) is 0 Å². The molecule has 0 saturated carbocycles. The topological polar surface area (TPSA) is 49.8 Å². The molecule has 0 spiro atoms. The van der Waals surface area contributed by atoms with Gasteiger partial charge in [-0.25, -0.2) is 4.79 Å². The van der Waals surface area contributed by atoms with Gasteiger partial charge in [0.1, 0.15) is 0 Å². The molecule has 1 aliphatic rings. The molecule has 0 aliphatic carbocycles. The molecule has 1 aliphatic heterocycles. The van der Waals surface area contributed by atoms with Crippen LogP contribution in [0.15, 0.2) is 0 Å². The van der Waals surface area contributed by atoms with E-state index in [0.29, 0.717) is 0 Å². The summed E-state index contributed by atoms with van der Waals surface area (Å²) in [5.74, 6) is -0.826. The second kappa shape index (κ2) is 4.85. The standard InChI is InChI=1S/C6H10O3.K.H/c1-2-3-4-5(9-4)6(7)8;;/h4-5H,2-3H2,1H3,(H,7,8);;/q;+1;-1. The van der Waals surface area contributed by atoms with Crippen LogP contribution in [0.5, 0.6) is 0 Å². The van der Waals surface area contributed by atoms with E-state index in [2.05, 4.69) is 0 Å². The third-order valence-corrected chi connectivity index (χ3v) is 1.40. The van der Waals surface area contributed by atoms with Crippen molar-refractivity contribution < 1.29 is 67.4 Å². The zero-order valence-electron chi connectivity index (χ0n) is 7.33. The Hall–Kier alpha value is 1.07. The van der Waals surface area contributed by atoms with Crippen molar-refractivity contribution in [1.82, 2.24) is 0 Å². The summed E-state index contributed by atoms with van der Waals surface area (Å²) in [6, 6.07) is 0. The number of rotatable bonds is 3. The van der Waals surface area contributed by atoms with Gasteiger partial charge in [0, 0.05) is 0 Å². The average Bonchev–Trinajstić information content (AvgIpc) is 2.47. The van der Waals surface area contributed by atoms with E-state index in [9.17, 15) is 4.79 Å². The minimum atomic E-state index is -0.826. The molecule has 1 fully saturated rings. The van der Waals surface area contributed by atoms with Crippen LogP contribution in [0, 0.1) is 0 Å². The molecule has 2 atom stereocenters. The molecule has 3 nitrogen and oxygen atoms in total. The van der Waals surface area contributed by atoms with E-state index in [0.717, 1.165) is 12.8 Å². The predicted octanol–water partition coefficient (Wildman–Crippen LogP) is -2.24. The fourth-order valence-corrected chi connectivity index (χ4v) is 0.864. The van der Waals surface area contributed by atoms with Crippen LogP contribution >= 0.6 is 0 Å². The van der Waals surface area contributed by atoms with Gasteiger partial charge in [0.2, 0.25) is 0 Å². The number of ether oxygens (including phenoxy) is 1. The van der Waals surface area contributed by atoms with E-state index in [1.807, 2.05) is 6.92 Å². The predicted molar refractivity (Wildman–Crippen MR) is 32.3 cm³/mol. The Morgan fingerprint density at radius 1 is 1.80 bits per heavy atom. The number of aliphatic carboxylic acids is 1. The van der Waals surface area contributed by atoms with Crippen molar-refractivity contribution in [2.24, 2.45) is 0 Å². The Morgan fingerprint density at radius 2 is 2.40 bits per heavy atom. The van der Waals surface area contributed by atoms with Crippen LogP contribution in [0.1, 0.15) is 21.2 Å². The summed E-state index contributed by atoms with van der Waals surface area (Å²) in [7, 11) is 0. The molecule has 1 heterocycles. The first kappa shape index (κ1) is 11.1. The molecule has 2 unspecified atom stereocenters. The van der Waals surface area contributed by atoms with Crippen molar-refractivity contribution in [3.63, 3.8) is 0 Å². The normalized spacial score (nSPS) is 28.9. The second-order valence-corrected chi connectivity index (χ2v) is 2.22. The van der Waals surface area contributed by atoms with Crippen molar-refractivity contribution >= 4 is 5.97 Å². The number of carbonyl (C=O) groups is 1. The number of hydrogen-bond acceptors (Lipinski definition) is 2. The summed E-state index contributed by atoms with van der Waals surface area (Å²) in [6.07, 6.45) is 1.38. The Morgan fingerprint density at radius 3 is 2.70 bits per heavy atom. The largest absolute Gasteiger partial charge is 1.00 e. The Kier molecular flexibility index (Phi) is 5.36. The van der Waals surface area contributed by atoms with Crippen molar-refractivity contribution in [2.75, 3.05) is 0 Å². The number of carboxylic acid groups (broad SMARTS) is 1. The second-order valence-electron chi connectivity index (χ2n) is 2.22. The van der Waals surface area contributed by atoms with Crippen LogP contribution in [0.2, 0.25) is 0 Å². The molecule has 0 aromatic heterocycles. The third kappa shape index (κ3) is 2.98. The first-order chi connectivity index (χ1) is 4.25. The minimum Gasteiger partial charge on any atom is -1.00 e. The Labute approximate surface area is 104 Å². The van der Waals surface area contributed by atoms with Gasteiger partial charge in [-0.05, 0) is 6.42 Å². The van der Waals surface area contributed by atoms with Gasteiger partial charge >= 0.3 is 57.4 Å². The molecule has 0 radical (unpaired) electrons. The van der Waals surface area contributed by atoms with Crippen molar-refractivity contribution in [3.05, 3.63) is 0 Å². The maximum absolute atomic E-state index is 10.1. The van der Waals surface area contributed by atoms with E-state index in [1.165, 1.54) is 0 Å². The minimum absolute atomic E-state index is 0. The molecule has 1 N–H and O–H groups in total. The van der Waals surface area contributed by atoms with Gasteiger partial charge in [0.15, 0.2) is 6.10 Å². The van der Waals surface area contributed by atoms with Gasteiger partial charge in [-0.1, -0.05) is 13.3 Å². The fraction of sp³-hybridized carbons (Fsp3) is 0.833. The molecule has 0 bridgehead atoms. The quantitative estimate of drug-likeness (QED) is 0.385. The zero-order chi connectivity index (χ0) is 6.85. The van der Waals surface area contributed by atoms with Gasteiger partial charge in [-0.2, -0.15) is 0 Å². The summed E-state index contributed by atoms with van der Waals surface area (Å²) in [5.41, 5.74) is 0. The third-order valence-electron chi connectivity index (χ3n) is 1.40. The molecule has 1 rings (SSSR count).